The third kappa shape index (κ3) is 3.72. The molecule has 6 nitrogen and oxygen atoms in total. The monoisotopic (exact) mass is 321 g/mol. The van der Waals surface area contributed by atoms with E-state index in [1.807, 2.05) is 42.3 Å². The highest BCUT2D eigenvalue weighted by atomic mass is 32.2. The molecule has 1 saturated heterocycles. The van der Waals surface area contributed by atoms with Crippen LogP contribution in [-0.2, 0) is 16.4 Å². The van der Waals surface area contributed by atoms with E-state index in [2.05, 4.69) is 10.1 Å². The second kappa shape index (κ2) is 6.18. The van der Waals surface area contributed by atoms with Crippen LogP contribution in [0.15, 0.2) is 34.9 Å². The minimum atomic E-state index is -2.82. The molecule has 0 aliphatic carbocycles. The van der Waals surface area contributed by atoms with E-state index in [-0.39, 0.29) is 5.92 Å². The molecule has 1 fully saturated rings. The molecule has 2 heterocycles. The molecule has 1 aromatic heterocycles. The average Bonchev–Trinajstić information content (AvgIpc) is 3.06. The second-order valence-electron chi connectivity index (χ2n) is 5.85. The fourth-order valence-electron chi connectivity index (χ4n) is 2.78. The molecular weight excluding hydrogens is 302 g/mol. The smallest absolute Gasteiger partial charge is 0.257 e. The van der Waals surface area contributed by atoms with Crippen LogP contribution in [0.5, 0.6) is 0 Å². The van der Waals surface area contributed by atoms with Crippen molar-refractivity contribution in [3.05, 3.63) is 36.2 Å². The number of hydrogen-bond acceptors (Lipinski definition) is 6. The standard InChI is InChI=1S/C15H19N3O3S/c1-18(9-12-7-8-22(19,20)11-12)10-14-16-15(21-17-14)13-5-3-2-4-6-13/h2-6,12H,7-11H2,1H3/t12-/m0/s1. The summed E-state index contributed by atoms with van der Waals surface area (Å²) >= 11 is 0. The number of benzene rings is 1. The lowest BCUT2D eigenvalue weighted by Gasteiger charge is -2.17. The summed E-state index contributed by atoms with van der Waals surface area (Å²) in [5, 5.41) is 3.99. The van der Waals surface area contributed by atoms with Gasteiger partial charge in [-0.05, 0) is 31.5 Å². The number of nitrogens with zero attached hydrogens (tertiary/aromatic N) is 3. The molecule has 0 bridgehead atoms. The predicted molar refractivity (Wildman–Crippen MR) is 82.8 cm³/mol. The molecule has 0 saturated carbocycles. The van der Waals surface area contributed by atoms with Gasteiger partial charge in [-0.3, -0.25) is 4.90 Å². The quantitative estimate of drug-likeness (QED) is 0.832. The minimum absolute atomic E-state index is 0.204. The Morgan fingerprint density at radius 1 is 1.32 bits per heavy atom. The van der Waals surface area contributed by atoms with Gasteiger partial charge >= 0.3 is 0 Å². The largest absolute Gasteiger partial charge is 0.334 e. The van der Waals surface area contributed by atoms with Crippen molar-refractivity contribution in [3.8, 4) is 11.5 Å². The molecule has 1 aromatic carbocycles. The molecule has 0 N–H and O–H groups in total. The summed E-state index contributed by atoms with van der Waals surface area (Å²) in [6, 6.07) is 9.62. The Balaban J connectivity index is 1.58. The zero-order valence-electron chi connectivity index (χ0n) is 12.5. The van der Waals surface area contributed by atoms with Crippen LogP contribution in [0.3, 0.4) is 0 Å². The summed E-state index contributed by atoms with van der Waals surface area (Å²) in [5.41, 5.74) is 0.894. The fraction of sp³-hybridized carbons (Fsp3) is 0.467. The second-order valence-corrected chi connectivity index (χ2v) is 8.08. The van der Waals surface area contributed by atoms with Crippen LogP contribution < -0.4 is 0 Å². The molecule has 2 aromatic rings. The van der Waals surface area contributed by atoms with Crippen molar-refractivity contribution in [2.45, 2.75) is 13.0 Å². The first-order valence-electron chi connectivity index (χ1n) is 7.29. The SMILES string of the molecule is CN(Cc1noc(-c2ccccc2)n1)C[C@@H]1CCS(=O)(=O)C1. The maximum Gasteiger partial charge on any atom is 0.257 e. The van der Waals surface area contributed by atoms with Crippen LogP contribution in [0.25, 0.3) is 11.5 Å². The van der Waals surface area contributed by atoms with Gasteiger partial charge in [-0.1, -0.05) is 23.4 Å². The Morgan fingerprint density at radius 3 is 2.77 bits per heavy atom. The first-order chi connectivity index (χ1) is 10.5. The molecule has 0 amide bonds. The maximum atomic E-state index is 11.5. The zero-order chi connectivity index (χ0) is 15.6. The predicted octanol–water partition coefficient (Wildman–Crippen LogP) is 1.60. The fourth-order valence-corrected chi connectivity index (χ4v) is 4.63. The highest BCUT2D eigenvalue weighted by Gasteiger charge is 2.28. The van der Waals surface area contributed by atoms with E-state index in [1.165, 1.54) is 0 Å². The number of aromatic nitrogens is 2. The number of rotatable bonds is 5. The molecule has 118 valence electrons. The number of sulfone groups is 1. The van der Waals surface area contributed by atoms with Gasteiger partial charge in [0.05, 0.1) is 18.1 Å². The Hall–Kier alpha value is -1.73. The van der Waals surface area contributed by atoms with Crippen molar-refractivity contribution in [2.24, 2.45) is 5.92 Å². The molecule has 1 aliphatic heterocycles. The number of hydrogen-bond donors (Lipinski definition) is 0. The van der Waals surface area contributed by atoms with Gasteiger partial charge in [-0.15, -0.1) is 0 Å². The van der Waals surface area contributed by atoms with Gasteiger partial charge in [0.1, 0.15) is 0 Å². The Bertz CT molecular complexity index is 728. The summed E-state index contributed by atoms with van der Waals surface area (Å²) in [6.45, 7) is 1.28. The Morgan fingerprint density at radius 2 is 2.09 bits per heavy atom. The summed E-state index contributed by atoms with van der Waals surface area (Å²) in [4.78, 5) is 6.43. The van der Waals surface area contributed by atoms with E-state index >= 15 is 0 Å². The van der Waals surface area contributed by atoms with E-state index in [4.69, 9.17) is 4.52 Å². The molecule has 3 rings (SSSR count). The molecule has 7 heteroatoms. The molecule has 0 radical (unpaired) electrons. The minimum Gasteiger partial charge on any atom is -0.334 e. The third-order valence-electron chi connectivity index (χ3n) is 3.80. The van der Waals surface area contributed by atoms with E-state index in [0.29, 0.717) is 29.8 Å². The molecular formula is C15H19N3O3S. The van der Waals surface area contributed by atoms with Crippen LogP contribution in [0.1, 0.15) is 12.2 Å². The topological polar surface area (TPSA) is 76.3 Å². The first-order valence-corrected chi connectivity index (χ1v) is 9.11. The first kappa shape index (κ1) is 15.2. The van der Waals surface area contributed by atoms with Gasteiger partial charge < -0.3 is 4.52 Å². The molecule has 1 aliphatic rings. The lowest BCUT2D eigenvalue weighted by Crippen LogP contribution is -2.26. The summed E-state index contributed by atoms with van der Waals surface area (Å²) in [6.07, 6.45) is 0.744. The van der Waals surface area contributed by atoms with Crippen LogP contribution >= 0.6 is 0 Å². The van der Waals surface area contributed by atoms with Crippen molar-refractivity contribution in [3.63, 3.8) is 0 Å². The van der Waals surface area contributed by atoms with Gasteiger partial charge in [-0.25, -0.2) is 8.42 Å². The third-order valence-corrected chi connectivity index (χ3v) is 5.63. The van der Waals surface area contributed by atoms with Crippen molar-refractivity contribution in [1.82, 2.24) is 15.0 Å². The lowest BCUT2D eigenvalue weighted by atomic mass is 10.1. The van der Waals surface area contributed by atoms with Gasteiger partial charge in [-0.2, -0.15) is 4.98 Å². The summed E-state index contributed by atoms with van der Waals surface area (Å²) in [7, 11) is -0.874. The van der Waals surface area contributed by atoms with E-state index in [0.717, 1.165) is 18.5 Å². The maximum absolute atomic E-state index is 11.5. The van der Waals surface area contributed by atoms with Crippen LogP contribution in [0.2, 0.25) is 0 Å². The molecule has 22 heavy (non-hydrogen) atoms. The molecule has 1 atom stereocenters. The van der Waals surface area contributed by atoms with Gasteiger partial charge in [0.2, 0.25) is 0 Å². The van der Waals surface area contributed by atoms with Crippen LogP contribution in [0, 0.1) is 5.92 Å². The van der Waals surface area contributed by atoms with Crippen molar-refractivity contribution >= 4 is 9.84 Å². The molecule has 0 spiro atoms. The van der Waals surface area contributed by atoms with E-state index < -0.39 is 9.84 Å². The lowest BCUT2D eigenvalue weighted by molar-refractivity contribution is 0.270. The Labute approximate surface area is 130 Å². The van der Waals surface area contributed by atoms with Gasteiger partial charge in [0.15, 0.2) is 15.7 Å². The normalized spacial score (nSPS) is 20.5. The average molecular weight is 321 g/mol. The van der Waals surface area contributed by atoms with Crippen LogP contribution in [-0.4, -0.2) is 48.6 Å². The highest BCUT2D eigenvalue weighted by molar-refractivity contribution is 7.91. The van der Waals surface area contributed by atoms with E-state index in [1.54, 1.807) is 0 Å². The van der Waals surface area contributed by atoms with Gasteiger partial charge in [0, 0.05) is 12.1 Å². The molecule has 0 unspecified atom stereocenters. The zero-order valence-corrected chi connectivity index (χ0v) is 13.3. The highest BCUT2D eigenvalue weighted by Crippen LogP contribution is 2.20. The van der Waals surface area contributed by atoms with Crippen molar-refractivity contribution < 1.29 is 12.9 Å². The van der Waals surface area contributed by atoms with Gasteiger partial charge in [0.25, 0.3) is 5.89 Å². The van der Waals surface area contributed by atoms with Crippen molar-refractivity contribution in [2.75, 3.05) is 25.1 Å². The van der Waals surface area contributed by atoms with Crippen molar-refractivity contribution in [1.29, 1.82) is 0 Å². The summed E-state index contributed by atoms with van der Waals surface area (Å²) in [5.74, 6) is 1.93. The van der Waals surface area contributed by atoms with E-state index in [9.17, 15) is 8.42 Å². The Kier molecular flexibility index (Phi) is 4.26. The summed E-state index contributed by atoms with van der Waals surface area (Å²) < 4.78 is 28.2. The van der Waals surface area contributed by atoms with Crippen LogP contribution in [0.4, 0.5) is 0 Å².